The van der Waals surface area contributed by atoms with Gasteiger partial charge in [0.05, 0.1) is 7.11 Å². The van der Waals surface area contributed by atoms with Crippen LogP contribution in [0.4, 0.5) is 0 Å². The van der Waals surface area contributed by atoms with Crippen LogP contribution in [0.5, 0.6) is 5.75 Å². The third-order valence-corrected chi connectivity index (χ3v) is 1.64. The maximum absolute atomic E-state index is 10.5. The SMILES string of the molecule is COc1ccnc(C(=O)O)c1Cl. The Morgan fingerprint density at radius 1 is 1.75 bits per heavy atom. The van der Waals surface area contributed by atoms with Crippen molar-refractivity contribution < 1.29 is 14.6 Å². The summed E-state index contributed by atoms with van der Waals surface area (Å²) in [4.78, 5) is 14.1. The van der Waals surface area contributed by atoms with E-state index in [4.69, 9.17) is 21.4 Å². The maximum Gasteiger partial charge on any atom is 0.356 e. The number of carboxylic acid groups (broad SMARTS) is 1. The number of nitrogens with zero attached hydrogens (tertiary/aromatic N) is 1. The summed E-state index contributed by atoms with van der Waals surface area (Å²) in [6, 6.07) is 1.49. The lowest BCUT2D eigenvalue weighted by molar-refractivity contribution is 0.0690. The first kappa shape index (κ1) is 8.80. The predicted molar refractivity (Wildman–Crippen MR) is 42.8 cm³/mol. The zero-order chi connectivity index (χ0) is 9.14. The molecule has 0 aliphatic carbocycles. The molecule has 0 atom stereocenters. The zero-order valence-electron chi connectivity index (χ0n) is 6.24. The first-order valence-electron chi connectivity index (χ1n) is 3.08. The second kappa shape index (κ2) is 3.40. The number of rotatable bonds is 2. The van der Waals surface area contributed by atoms with Crippen molar-refractivity contribution in [3.05, 3.63) is 23.0 Å². The summed E-state index contributed by atoms with van der Waals surface area (Å²) in [5.41, 5.74) is -0.198. The second-order valence-electron chi connectivity index (χ2n) is 1.98. The van der Waals surface area contributed by atoms with Gasteiger partial charge in [-0.2, -0.15) is 0 Å². The predicted octanol–water partition coefficient (Wildman–Crippen LogP) is 1.44. The molecule has 64 valence electrons. The van der Waals surface area contributed by atoms with Crippen molar-refractivity contribution in [2.45, 2.75) is 0 Å². The average Bonchev–Trinajstić information content (AvgIpc) is 2.04. The summed E-state index contributed by atoms with van der Waals surface area (Å²) in [6.45, 7) is 0. The summed E-state index contributed by atoms with van der Waals surface area (Å²) >= 11 is 5.64. The van der Waals surface area contributed by atoms with E-state index in [-0.39, 0.29) is 10.7 Å². The Hall–Kier alpha value is -1.29. The molecule has 0 unspecified atom stereocenters. The quantitative estimate of drug-likeness (QED) is 0.761. The van der Waals surface area contributed by atoms with Crippen LogP contribution in [-0.2, 0) is 0 Å². The monoisotopic (exact) mass is 187 g/mol. The van der Waals surface area contributed by atoms with E-state index >= 15 is 0 Å². The van der Waals surface area contributed by atoms with Crippen LogP contribution in [0.2, 0.25) is 5.02 Å². The Kier molecular flexibility index (Phi) is 2.50. The smallest absolute Gasteiger partial charge is 0.356 e. The number of aromatic carboxylic acids is 1. The first-order chi connectivity index (χ1) is 5.66. The molecule has 1 rings (SSSR count). The van der Waals surface area contributed by atoms with E-state index in [9.17, 15) is 4.79 Å². The highest BCUT2D eigenvalue weighted by Crippen LogP contribution is 2.25. The molecule has 0 aliphatic heterocycles. The summed E-state index contributed by atoms with van der Waals surface area (Å²) in [6.07, 6.45) is 1.33. The van der Waals surface area contributed by atoms with Gasteiger partial charge < -0.3 is 9.84 Å². The Morgan fingerprint density at radius 3 is 2.92 bits per heavy atom. The highest BCUT2D eigenvalue weighted by atomic mass is 35.5. The number of methoxy groups -OCH3 is 1. The van der Waals surface area contributed by atoms with Crippen LogP contribution in [0.3, 0.4) is 0 Å². The highest BCUT2D eigenvalue weighted by Gasteiger charge is 2.13. The molecule has 12 heavy (non-hydrogen) atoms. The molecule has 0 saturated carbocycles. The molecule has 0 amide bonds. The van der Waals surface area contributed by atoms with Gasteiger partial charge in [0.15, 0.2) is 5.69 Å². The maximum atomic E-state index is 10.5. The standard InChI is InChI=1S/C7H6ClNO3/c1-12-4-2-3-9-6(5(4)8)7(10)11/h2-3H,1H3,(H,10,11). The first-order valence-corrected chi connectivity index (χ1v) is 3.46. The largest absolute Gasteiger partial charge is 0.495 e. The molecule has 0 aromatic carbocycles. The number of pyridine rings is 1. The lowest BCUT2D eigenvalue weighted by Crippen LogP contribution is -2.01. The topological polar surface area (TPSA) is 59.4 Å². The fraction of sp³-hybridized carbons (Fsp3) is 0.143. The van der Waals surface area contributed by atoms with Crippen molar-refractivity contribution in [3.63, 3.8) is 0 Å². The molecular weight excluding hydrogens is 182 g/mol. The molecule has 0 bridgehead atoms. The lowest BCUT2D eigenvalue weighted by atomic mass is 10.3. The molecule has 0 fully saturated rings. The minimum absolute atomic E-state index is 0.0208. The van der Waals surface area contributed by atoms with E-state index in [0.717, 1.165) is 0 Å². The number of ether oxygens (including phenoxy) is 1. The normalized spacial score (nSPS) is 9.50. The van der Waals surface area contributed by atoms with E-state index in [1.54, 1.807) is 0 Å². The van der Waals surface area contributed by atoms with E-state index in [2.05, 4.69) is 4.98 Å². The molecule has 1 heterocycles. The Morgan fingerprint density at radius 2 is 2.42 bits per heavy atom. The van der Waals surface area contributed by atoms with Gasteiger partial charge in [0, 0.05) is 12.3 Å². The van der Waals surface area contributed by atoms with Gasteiger partial charge in [-0.3, -0.25) is 0 Å². The zero-order valence-corrected chi connectivity index (χ0v) is 7.00. The van der Waals surface area contributed by atoms with Gasteiger partial charge in [0.25, 0.3) is 0 Å². The molecule has 1 N–H and O–H groups in total. The Labute approximate surface area is 73.8 Å². The van der Waals surface area contributed by atoms with Gasteiger partial charge in [0.2, 0.25) is 0 Å². The number of halogens is 1. The van der Waals surface area contributed by atoms with Gasteiger partial charge in [-0.1, -0.05) is 11.6 Å². The fourth-order valence-corrected chi connectivity index (χ4v) is 1.00. The van der Waals surface area contributed by atoms with E-state index in [1.807, 2.05) is 0 Å². The van der Waals surface area contributed by atoms with Crippen LogP contribution in [0, 0.1) is 0 Å². The van der Waals surface area contributed by atoms with Crippen molar-refractivity contribution in [3.8, 4) is 5.75 Å². The van der Waals surface area contributed by atoms with Gasteiger partial charge in [-0.25, -0.2) is 9.78 Å². The molecule has 1 aromatic rings. The molecule has 0 aliphatic rings. The molecule has 4 nitrogen and oxygen atoms in total. The molecule has 0 radical (unpaired) electrons. The number of hydrogen-bond donors (Lipinski definition) is 1. The highest BCUT2D eigenvalue weighted by molar-refractivity contribution is 6.34. The van der Waals surface area contributed by atoms with Crippen LogP contribution in [-0.4, -0.2) is 23.2 Å². The van der Waals surface area contributed by atoms with Crippen molar-refractivity contribution in [1.82, 2.24) is 4.98 Å². The van der Waals surface area contributed by atoms with Crippen LogP contribution in [0.15, 0.2) is 12.3 Å². The van der Waals surface area contributed by atoms with Crippen molar-refractivity contribution >= 4 is 17.6 Å². The van der Waals surface area contributed by atoms with Crippen LogP contribution in [0.25, 0.3) is 0 Å². The number of aromatic nitrogens is 1. The Bertz CT molecular complexity index is 314. The average molecular weight is 188 g/mol. The van der Waals surface area contributed by atoms with Crippen molar-refractivity contribution in [2.24, 2.45) is 0 Å². The minimum Gasteiger partial charge on any atom is -0.495 e. The Balaban J connectivity index is 3.23. The van der Waals surface area contributed by atoms with E-state index < -0.39 is 5.97 Å². The van der Waals surface area contributed by atoms with Gasteiger partial charge in [-0.15, -0.1) is 0 Å². The van der Waals surface area contributed by atoms with Crippen LogP contribution >= 0.6 is 11.6 Å². The molecule has 5 heteroatoms. The van der Waals surface area contributed by atoms with Gasteiger partial charge in [-0.05, 0) is 0 Å². The summed E-state index contributed by atoms with van der Waals surface area (Å²) in [5.74, 6) is -0.858. The second-order valence-corrected chi connectivity index (χ2v) is 2.36. The molecule has 0 spiro atoms. The van der Waals surface area contributed by atoms with Crippen molar-refractivity contribution in [1.29, 1.82) is 0 Å². The van der Waals surface area contributed by atoms with Crippen LogP contribution < -0.4 is 4.74 Å². The third kappa shape index (κ3) is 1.48. The lowest BCUT2D eigenvalue weighted by Gasteiger charge is -2.03. The molecule has 0 saturated heterocycles. The van der Waals surface area contributed by atoms with Crippen molar-refractivity contribution in [2.75, 3.05) is 7.11 Å². The van der Waals surface area contributed by atoms with E-state index in [0.29, 0.717) is 5.75 Å². The van der Waals surface area contributed by atoms with Gasteiger partial charge in [0.1, 0.15) is 10.8 Å². The fourth-order valence-electron chi connectivity index (χ4n) is 0.733. The summed E-state index contributed by atoms with van der Waals surface area (Å²) < 4.78 is 4.80. The van der Waals surface area contributed by atoms with E-state index in [1.165, 1.54) is 19.4 Å². The van der Waals surface area contributed by atoms with Crippen LogP contribution in [0.1, 0.15) is 10.5 Å². The number of carbonyl (C=O) groups is 1. The third-order valence-electron chi connectivity index (χ3n) is 1.28. The summed E-state index contributed by atoms with van der Waals surface area (Å²) in [5, 5.41) is 8.60. The number of hydrogen-bond acceptors (Lipinski definition) is 3. The van der Waals surface area contributed by atoms with Gasteiger partial charge >= 0.3 is 5.97 Å². The minimum atomic E-state index is -1.17. The number of carboxylic acids is 1. The molecule has 1 aromatic heterocycles. The molecular formula is C7H6ClNO3. The summed E-state index contributed by atoms with van der Waals surface area (Å²) in [7, 11) is 1.41.